The summed E-state index contributed by atoms with van der Waals surface area (Å²) in [5.41, 5.74) is 2.58. The topological polar surface area (TPSA) is 41.9 Å². The largest absolute Gasteiger partial charge is 0.491 e. The predicted molar refractivity (Wildman–Crippen MR) is 91.3 cm³/mol. The van der Waals surface area contributed by atoms with E-state index in [1.807, 2.05) is 6.07 Å². The first-order valence-corrected chi connectivity index (χ1v) is 7.77. The van der Waals surface area contributed by atoms with Crippen molar-refractivity contribution in [3.05, 3.63) is 29.3 Å². The normalized spacial score (nSPS) is 17.1. The number of hydrogen-bond donors (Lipinski definition) is 1. The molecule has 1 fully saturated rings. The number of nitrogens with zero attached hydrogens (tertiary/aromatic N) is 1. The second-order valence-corrected chi connectivity index (χ2v) is 6.05. The standard InChI is InChI=1S/C17H27NO3.ClH/c1-13(2)17-5-4-16(10-14(17)3)21-12-15(19)11-18-6-8-20-9-7-18;/h4-5,10,13,15,19H,6-9,11-12H2,1-3H3;1H. The number of rotatable bonds is 6. The molecule has 1 aromatic rings. The number of halogens is 1. The molecule has 1 atom stereocenters. The molecule has 0 saturated carbocycles. The van der Waals surface area contributed by atoms with Crippen molar-refractivity contribution in [2.75, 3.05) is 39.5 Å². The van der Waals surface area contributed by atoms with Gasteiger partial charge in [0.25, 0.3) is 0 Å². The first-order chi connectivity index (χ1) is 10.1. The Morgan fingerprint density at radius 3 is 2.55 bits per heavy atom. The number of aryl methyl sites for hydroxylation is 1. The average Bonchev–Trinajstić information content (AvgIpc) is 2.46. The molecular weight excluding hydrogens is 302 g/mol. The molecule has 0 radical (unpaired) electrons. The molecule has 1 saturated heterocycles. The number of morpholine rings is 1. The van der Waals surface area contributed by atoms with Crippen LogP contribution in [0.3, 0.4) is 0 Å². The molecule has 1 aromatic carbocycles. The van der Waals surface area contributed by atoms with Crippen molar-refractivity contribution < 1.29 is 14.6 Å². The van der Waals surface area contributed by atoms with Crippen LogP contribution >= 0.6 is 12.4 Å². The van der Waals surface area contributed by atoms with E-state index >= 15 is 0 Å². The van der Waals surface area contributed by atoms with Crippen LogP contribution in [0.1, 0.15) is 30.9 Å². The third-order valence-corrected chi connectivity index (χ3v) is 3.88. The highest BCUT2D eigenvalue weighted by molar-refractivity contribution is 5.85. The predicted octanol–water partition coefficient (Wildman–Crippen LogP) is 2.61. The summed E-state index contributed by atoms with van der Waals surface area (Å²) in [6.45, 7) is 10.7. The third-order valence-electron chi connectivity index (χ3n) is 3.88. The minimum Gasteiger partial charge on any atom is -0.491 e. The number of hydrogen-bond acceptors (Lipinski definition) is 4. The van der Waals surface area contributed by atoms with E-state index in [4.69, 9.17) is 9.47 Å². The maximum Gasteiger partial charge on any atom is 0.119 e. The Labute approximate surface area is 139 Å². The summed E-state index contributed by atoms with van der Waals surface area (Å²) in [6.07, 6.45) is -0.465. The van der Waals surface area contributed by atoms with Crippen LogP contribution in [0.25, 0.3) is 0 Å². The van der Waals surface area contributed by atoms with Crippen LogP contribution in [0.15, 0.2) is 18.2 Å². The SMILES string of the molecule is Cc1cc(OCC(O)CN2CCOCC2)ccc1C(C)C.Cl. The van der Waals surface area contributed by atoms with Crippen molar-refractivity contribution in [2.45, 2.75) is 32.8 Å². The lowest BCUT2D eigenvalue weighted by molar-refractivity contribution is 0.00465. The molecule has 22 heavy (non-hydrogen) atoms. The van der Waals surface area contributed by atoms with E-state index in [2.05, 4.69) is 37.8 Å². The quantitative estimate of drug-likeness (QED) is 0.871. The highest BCUT2D eigenvalue weighted by Crippen LogP contribution is 2.23. The molecule has 0 bridgehead atoms. The van der Waals surface area contributed by atoms with Gasteiger partial charge in [0, 0.05) is 19.6 Å². The van der Waals surface area contributed by atoms with Gasteiger partial charge in [0.1, 0.15) is 18.5 Å². The van der Waals surface area contributed by atoms with E-state index in [0.717, 1.165) is 32.1 Å². The van der Waals surface area contributed by atoms with Gasteiger partial charge in [-0.15, -0.1) is 12.4 Å². The summed E-state index contributed by atoms with van der Waals surface area (Å²) in [5, 5.41) is 10.1. The Bertz CT molecular complexity index is 448. The molecule has 1 aliphatic heterocycles. The van der Waals surface area contributed by atoms with Gasteiger partial charge >= 0.3 is 0 Å². The summed E-state index contributed by atoms with van der Waals surface area (Å²) in [6, 6.07) is 6.16. The minimum absolute atomic E-state index is 0. The molecule has 5 heteroatoms. The lowest BCUT2D eigenvalue weighted by Gasteiger charge is -2.28. The van der Waals surface area contributed by atoms with Gasteiger partial charge in [-0.1, -0.05) is 19.9 Å². The maximum absolute atomic E-state index is 10.1. The molecule has 0 spiro atoms. The number of β-amino-alcohol motifs (C(OH)–C–C–N with tert-alkyl or cyclic N) is 1. The Morgan fingerprint density at radius 1 is 1.27 bits per heavy atom. The second kappa shape index (κ2) is 9.36. The molecule has 1 heterocycles. The van der Waals surface area contributed by atoms with Gasteiger partial charge in [-0.3, -0.25) is 4.90 Å². The Kier molecular flexibility index (Phi) is 8.18. The number of benzene rings is 1. The molecular formula is C17H28ClNO3. The number of ether oxygens (including phenoxy) is 2. The zero-order valence-corrected chi connectivity index (χ0v) is 14.6. The molecule has 0 aromatic heterocycles. The van der Waals surface area contributed by atoms with Crippen molar-refractivity contribution in [1.29, 1.82) is 0 Å². The van der Waals surface area contributed by atoms with Gasteiger partial charge in [-0.05, 0) is 36.1 Å². The number of aliphatic hydroxyl groups excluding tert-OH is 1. The van der Waals surface area contributed by atoms with Gasteiger partial charge < -0.3 is 14.6 Å². The average molecular weight is 330 g/mol. The van der Waals surface area contributed by atoms with Crippen molar-refractivity contribution >= 4 is 12.4 Å². The molecule has 0 amide bonds. The Balaban J connectivity index is 0.00000242. The van der Waals surface area contributed by atoms with E-state index in [1.165, 1.54) is 11.1 Å². The highest BCUT2D eigenvalue weighted by Gasteiger charge is 2.15. The van der Waals surface area contributed by atoms with Crippen LogP contribution in [0, 0.1) is 6.92 Å². The summed E-state index contributed by atoms with van der Waals surface area (Å²) < 4.78 is 11.0. The summed E-state index contributed by atoms with van der Waals surface area (Å²) in [5.74, 6) is 1.35. The summed E-state index contributed by atoms with van der Waals surface area (Å²) in [4.78, 5) is 2.21. The first-order valence-electron chi connectivity index (χ1n) is 7.77. The van der Waals surface area contributed by atoms with Crippen LogP contribution in [0.4, 0.5) is 0 Å². The summed E-state index contributed by atoms with van der Waals surface area (Å²) >= 11 is 0. The maximum atomic E-state index is 10.1. The van der Waals surface area contributed by atoms with E-state index in [9.17, 15) is 5.11 Å². The van der Waals surface area contributed by atoms with Gasteiger partial charge in [-0.25, -0.2) is 0 Å². The summed E-state index contributed by atoms with van der Waals surface area (Å²) in [7, 11) is 0. The van der Waals surface area contributed by atoms with Crippen molar-refractivity contribution in [3.63, 3.8) is 0 Å². The second-order valence-electron chi connectivity index (χ2n) is 6.05. The van der Waals surface area contributed by atoms with Crippen molar-refractivity contribution in [1.82, 2.24) is 4.90 Å². The molecule has 1 N–H and O–H groups in total. The molecule has 1 unspecified atom stereocenters. The van der Waals surface area contributed by atoms with E-state index < -0.39 is 6.10 Å². The third kappa shape index (κ3) is 5.76. The minimum atomic E-state index is -0.465. The fourth-order valence-electron chi connectivity index (χ4n) is 2.71. The molecule has 126 valence electrons. The lowest BCUT2D eigenvalue weighted by atomic mass is 9.98. The van der Waals surface area contributed by atoms with Gasteiger partial charge in [-0.2, -0.15) is 0 Å². The molecule has 2 rings (SSSR count). The highest BCUT2D eigenvalue weighted by atomic mass is 35.5. The van der Waals surface area contributed by atoms with Crippen LogP contribution in [-0.2, 0) is 4.74 Å². The van der Waals surface area contributed by atoms with Gasteiger partial charge in [0.05, 0.1) is 13.2 Å². The van der Waals surface area contributed by atoms with Crippen LogP contribution in [-0.4, -0.2) is 55.6 Å². The van der Waals surface area contributed by atoms with Crippen molar-refractivity contribution in [3.8, 4) is 5.75 Å². The van der Waals surface area contributed by atoms with Gasteiger partial charge in [0.2, 0.25) is 0 Å². The Morgan fingerprint density at radius 2 is 1.95 bits per heavy atom. The van der Waals surface area contributed by atoms with E-state index in [1.54, 1.807) is 0 Å². The molecule has 4 nitrogen and oxygen atoms in total. The van der Waals surface area contributed by atoms with Gasteiger partial charge in [0.15, 0.2) is 0 Å². The van der Waals surface area contributed by atoms with E-state index in [0.29, 0.717) is 19.1 Å². The zero-order valence-electron chi connectivity index (χ0n) is 13.7. The van der Waals surface area contributed by atoms with Crippen molar-refractivity contribution in [2.24, 2.45) is 0 Å². The monoisotopic (exact) mass is 329 g/mol. The molecule has 0 aliphatic carbocycles. The zero-order chi connectivity index (χ0) is 15.2. The first kappa shape index (κ1) is 19.2. The van der Waals surface area contributed by atoms with E-state index in [-0.39, 0.29) is 12.4 Å². The fraction of sp³-hybridized carbons (Fsp3) is 0.647. The fourth-order valence-corrected chi connectivity index (χ4v) is 2.71. The Hall–Kier alpha value is -0.810. The number of aliphatic hydroxyl groups is 1. The smallest absolute Gasteiger partial charge is 0.119 e. The molecule has 1 aliphatic rings. The van der Waals surface area contributed by atoms with Crippen LogP contribution < -0.4 is 4.74 Å². The lowest BCUT2D eigenvalue weighted by Crippen LogP contribution is -2.42. The van der Waals surface area contributed by atoms with Crippen LogP contribution in [0.2, 0.25) is 0 Å². The van der Waals surface area contributed by atoms with Crippen LogP contribution in [0.5, 0.6) is 5.75 Å².